The molecule has 1 atom stereocenters. The molecular formula is C20H25FN6O3. The molecule has 30 heavy (non-hydrogen) atoms. The Bertz CT molecular complexity index is 1120. The average Bonchev–Trinajstić information content (AvgIpc) is 3.13. The van der Waals surface area contributed by atoms with Gasteiger partial charge < -0.3 is 20.5 Å². The number of benzene rings is 1. The smallest absolute Gasteiger partial charge is 0.225 e. The van der Waals surface area contributed by atoms with Gasteiger partial charge in [0.05, 0.1) is 24.5 Å². The first-order valence-electron chi connectivity index (χ1n) is 9.86. The third-order valence-corrected chi connectivity index (χ3v) is 5.29. The standard InChI is InChI=1S/C20H25FN6O3/c1-20(2,29)9-15(28)26-6-4-5-11(10-26)17-24-18-13-7-12(21)8-14(30-3)16(13)23-19(22)27(18)25-17/h7-8,11,29H,4-6,9-10H2,1-3H3,(H2,22,23)/t11-/m1/s1. The van der Waals surface area contributed by atoms with E-state index in [1.165, 1.54) is 23.8 Å². The van der Waals surface area contributed by atoms with Crippen LogP contribution in [0.4, 0.5) is 10.3 Å². The molecule has 3 heterocycles. The van der Waals surface area contributed by atoms with E-state index in [-0.39, 0.29) is 29.9 Å². The Morgan fingerprint density at radius 1 is 1.40 bits per heavy atom. The van der Waals surface area contributed by atoms with Gasteiger partial charge in [0.1, 0.15) is 17.1 Å². The maximum atomic E-state index is 14.1. The number of ether oxygens (including phenoxy) is 1. The number of nitrogens with zero attached hydrogens (tertiary/aromatic N) is 5. The quantitative estimate of drug-likeness (QED) is 0.666. The fraction of sp³-hybridized carbons (Fsp3) is 0.500. The van der Waals surface area contributed by atoms with Crippen LogP contribution in [0.1, 0.15) is 44.9 Å². The third-order valence-electron chi connectivity index (χ3n) is 5.29. The Hall–Kier alpha value is -3.01. The normalized spacial score (nSPS) is 17.6. The number of aromatic nitrogens is 4. The van der Waals surface area contributed by atoms with Gasteiger partial charge >= 0.3 is 0 Å². The van der Waals surface area contributed by atoms with Crippen molar-refractivity contribution in [2.24, 2.45) is 0 Å². The number of anilines is 1. The van der Waals surface area contributed by atoms with Crippen LogP contribution >= 0.6 is 0 Å². The number of carbonyl (C=O) groups is 1. The molecule has 0 spiro atoms. The Labute approximate surface area is 172 Å². The highest BCUT2D eigenvalue weighted by Crippen LogP contribution is 2.31. The van der Waals surface area contributed by atoms with Crippen molar-refractivity contribution in [3.8, 4) is 5.75 Å². The van der Waals surface area contributed by atoms with Crippen LogP contribution < -0.4 is 10.5 Å². The molecule has 3 N–H and O–H groups in total. The lowest BCUT2D eigenvalue weighted by molar-refractivity contribution is -0.136. The molecule has 1 aliphatic heterocycles. The van der Waals surface area contributed by atoms with E-state index in [0.717, 1.165) is 12.8 Å². The van der Waals surface area contributed by atoms with Crippen molar-refractivity contribution < 1.29 is 19.0 Å². The minimum absolute atomic E-state index is 0.0545. The number of methoxy groups -OCH3 is 1. The number of rotatable bonds is 4. The van der Waals surface area contributed by atoms with Crippen molar-refractivity contribution in [1.29, 1.82) is 0 Å². The second kappa shape index (κ2) is 7.35. The SMILES string of the molecule is COc1cc(F)cc2c1nc(N)n1nc([C@@H]3CCCN(C(=O)CC(C)(C)O)C3)nc21. The van der Waals surface area contributed by atoms with Gasteiger partial charge in [-0.25, -0.2) is 14.4 Å². The lowest BCUT2D eigenvalue weighted by Gasteiger charge is -2.33. The van der Waals surface area contributed by atoms with Crippen LogP contribution in [0.25, 0.3) is 16.6 Å². The predicted octanol–water partition coefficient (Wildman–Crippen LogP) is 1.87. The molecule has 2 aromatic heterocycles. The molecule has 0 saturated carbocycles. The Morgan fingerprint density at radius 2 is 2.17 bits per heavy atom. The van der Waals surface area contributed by atoms with E-state index >= 15 is 0 Å². The number of hydrogen-bond acceptors (Lipinski definition) is 7. The fourth-order valence-electron chi connectivity index (χ4n) is 3.91. The summed E-state index contributed by atoms with van der Waals surface area (Å²) >= 11 is 0. The zero-order chi connectivity index (χ0) is 21.6. The summed E-state index contributed by atoms with van der Waals surface area (Å²) in [4.78, 5) is 23.2. The van der Waals surface area contributed by atoms with Crippen molar-refractivity contribution >= 4 is 28.4 Å². The van der Waals surface area contributed by atoms with Crippen molar-refractivity contribution in [3.05, 3.63) is 23.8 Å². The van der Waals surface area contributed by atoms with Crippen LogP contribution in [0.2, 0.25) is 0 Å². The summed E-state index contributed by atoms with van der Waals surface area (Å²) < 4.78 is 20.7. The zero-order valence-corrected chi connectivity index (χ0v) is 17.2. The molecule has 1 amide bonds. The average molecular weight is 416 g/mol. The second-order valence-electron chi connectivity index (χ2n) is 8.35. The largest absolute Gasteiger partial charge is 0.494 e. The zero-order valence-electron chi connectivity index (χ0n) is 17.2. The number of fused-ring (bicyclic) bond motifs is 3. The van der Waals surface area contributed by atoms with Crippen LogP contribution in [0.15, 0.2) is 12.1 Å². The number of aliphatic hydroxyl groups is 1. The van der Waals surface area contributed by atoms with Gasteiger partial charge in [0.25, 0.3) is 0 Å². The number of hydrogen-bond donors (Lipinski definition) is 2. The molecule has 1 aromatic carbocycles. The summed E-state index contributed by atoms with van der Waals surface area (Å²) in [6.07, 6.45) is 1.67. The van der Waals surface area contributed by atoms with E-state index in [1.54, 1.807) is 18.7 Å². The number of amides is 1. The molecular weight excluding hydrogens is 391 g/mol. The summed E-state index contributed by atoms with van der Waals surface area (Å²) in [5, 5.41) is 14.9. The Kier molecular flexibility index (Phi) is 4.97. The summed E-state index contributed by atoms with van der Waals surface area (Å²) in [7, 11) is 1.44. The first-order valence-corrected chi connectivity index (χ1v) is 9.86. The Morgan fingerprint density at radius 3 is 2.87 bits per heavy atom. The molecule has 0 unspecified atom stereocenters. The van der Waals surface area contributed by atoms with Gasteiger partial charge in [0.15, 0.2) is 11.5 Å². The molecule has 0 radical (unpaired) electrons. The molecule has 0 bridgehead atoms. The first kappa shape index (κ1) is 20.3. The molecule has 9 nitrogen and oxygen atoms in total. The lowest BCUT2D eigenvalue weighted by atomic mass is 9.96. The minimum Gasteiger partial charge on any atom is -0.494 e. The van der Waals surface area contributed by atoms with Gasteiger partial charge in [-0.2, -0.15) is 4.52 Å². The first-order chi connectivity index (χ1) is 14.2. The van der Waals surface area contributed by atoms with Gasteiger partial charge in [-0.1, -0.05) is 0 Å². The third kappa shape index (κ3) is 3.74. The van der Waals surface area contributed by atoms with E-state index < -0.39 is 11.4 Å². The van der Waals surface area contributed by atoms with Crippen molar-refractivity contribution in [2.75, 3.05) is 25.9 Å². The minimum atomic E-state index is -1.06. The highest BCUT2D eigenvalue weighted by Gasteiger charge is 2.30. The highest BCUT2D eigenvalue weighted by atomic mass is 19.1. The number of likely N-dealkylation sites (tertiary alicyclic amines) is 1. The maximum absolute atomic E-state index is 14.1. The fourth-order valence-corrected chi connectivity index (χ4v) is 3.91. The molecule has 3 aromatic rings. The summed E-state index contributed by atoms with van der Waals surface area (Å²) in [6, 6.07) is 2.58. The topological polar surface area (TPSA) is 119 Å². The molecule has 1 saturated heterocycles. The van der Waals surface area contributed by atoms with Gasteiger partial charge in [-0.15, -0.1) is 5.10 Å². The van der Waals surface area contributed by atoms with Crippen LogP contribution in [-0.2, 0) is 4.79 Å². The number of carbonyl (C=O) groups excluding carboxylic acids is 1. The van der Waals surface area contributed by atoms with E-state index in [9.17, 15) is 14.3 Å². The summed E-state index contributed by atoms with van der Waals surface area (Å²) in [5.41, 5.74) is 5.82. The number of nitrogens with two attached hydrogens (primary N) is 1. The lowest BCUT2D eigenvalue weighted by Crippen LogP contribution is -2.42. The number of nitrogen functional groups attached to an aromatic ring is 1. The maximum Gasteiger partial charge on any atom is 0.225 e. The summed E-state index contributed by atoms with van der Waals surface area (Å²) in [5.74, 6) is 0.249. The van der Waals surface area contributed by atoms with Gasteiger partial charge in [-0.05, 0) is 32.8 Å². The molecule has 160 valence electrons. The highest BCUT2D eigenvalue weighted by molar-refractivity contribution is 5.96. The van der Waals surface area contributed by atoms with Gasteiger partial charge in [0, 0.05) is 25.1 Å². The number of piperidine rings is 1. The van der Waals surface area contributed by atoms with Crippen LogP contribution in [0.5, 0.6) is 5.75 Å². The van der Waals surface area contributed by atoms with E-state index in [1.807, 2.05) is 0 Å². The Balaban J connectivity index is 1.71. The van der Waals surface area contributed by atoms with E-state index in [4.69, 9.17) is 10.5 Å². The van der Waals surface area contributed by atoms with Crippen molar-refractivity contribution in [3.63, 3.8) is 0 Å². The molecule has 1 fully saturated rings. The van der Waals surface area contributed by atoms with Crippen LogP contribution in [0, 0.1) is 5.82 Å². The van der Waals surface area contributed by atoms with E-state index in [0.29, 0.717) is 35.5 Å². The predicted molar refractivity (Wildman–Crippen MR) is 109 cm³/mol. The van der Waals surface area contributed by atoms with Crippen molar-refractivity contribution in [2.45, 2.75) is 44.6 Å². The van der Waals surface area contributed by atoms with Gasteiger partial charge in [0.2, 0.25) is 11.9 Å². The number of halogens is 1. The van der Waals surface area contributed by atoms with Crippen LogP contribution in [0.3, 0.4) is 0 Å². The van der Waals surface area contributed by atoms with Crippen LogP contribution in [-0.4, -0.2) is 61.3 Å². The molecule has 1 aliphatic rings. The molecule has 4 rings (SSSR count). The van der Waals surface area contributed by atoms with E-state index in [2.05, 4.69) is 15.1 Å². The van der Waals surface area contributed by atoms with Crippen molar-refractivity contribution in [1.82, 2.24) is 24.5 Å². The molecule has 10 heteroatoms. The summed E-state index contributed by atoms with van der Waals surface area (Å²) in [6.45, 7) is 4.32. The van der Waals surface area contributed by atoms with Gasteiger partial charge in [-0.3, -0.25) is 4.79 Å². The second-order valence-corrected chi connectivity index (χ2v) is 8.35. The molecule has 0 aliphatic carbocycles. The monoisotopic (exact) mass is 416 g/mol.